The van der Waals surface area contributed by atoms with Gasteiger partial charge in [0.05, 0.1) is 12.1 Å². The van der Waals surface area contributed by atoms with Crippen LogP contribution >= 0.6 is 23.2 Å². The van der Waals surface area contributed by atoms with Gasteiger partial charge in [-0.25, -0.2) is 4.98 Å². The van der Waals surface area contributed by atoms with Crippen LogP contribution in [0, 0.1) is 0 Å². The third-order valence-electron chi connectivity index (χ3n) is 2.01. The van der Waals surface area contributed by atoms with Crippen molar-refractivity contribution in [2.45, 2.75) is 6.29 Å². The molecule has 0 aliphatic heterocycles. The normalized spacial score (nSPS) is 10.6. The van der Waals surface area contributed by atoms with E-state index < -0.39 is 6.29 Å². The zero-order valence-corrected chi connectivity index (χ0v) is 10.9. The van der Waals surface area contributed by atoms with Crippen LogP contribution in [0.15, 0.2) is 12.1 Å². The SMILES string of the molecule is COC(CNC(=O)c1ccc(Cl)nc1Cl)OC. The molecule has 0 fully saturated rings. The molecule has 0 bridgehead atoms. The molecule has 0 saturated heterocycles. The van der Waals surface area contributed by atoms with E-state index in [2.05, 4.69) is 10.3 Å². The molecule has 94 valence electrons. The topological polar surface area (TPSA) is 60.5 Å². The Bertz CT molecular complexity index is 397. The summed E-state index contributed by atoms with van der Waals surface area (Å²) in [5.41, 5.74) is 0.252. The molecule has 0 saturated carbocycles. The van der Waals surface area contributed by atoms with E-state index in [0.717, 1.165) is 0 Å². The molecular weight excluding hydrogens is 267 g/mol. The summed E-state index contributed by atoms with van der Waals surface area (Å²) in [7, 11) is 2.97. The molecule has 1 amide bonds. The van der Waals surface area contributed by atoms with Crippen LogP contribution in [0.2, 0.25) is 10.3 Å². The molecule has 0 unspecified atom stereocenters. The molecule has 1 aromatic heterocycles. The highest BCUT2D eigenvalue weighted by Crippen LogP contribution is 2.16. The predicted octanol–water partition coefficient (Wildman–Crippen LogP) is 1.74. The Morgan fingerprint density at radius 3 is 2.59 bits per heavy atom. The first-order chi connectivity index (χ1) is 8.08. The Balaban J connectivity index is 2.64. The molecule has 0 aliphatic carbocycles. The Hall–Kier alpha value is -0.880. The summed E-state index contributed by atoms with van der Waals surface area (Å²) in [6.07, 6.45) is -0.502. The number of carbonyl (C=O) groups excluding carboxylic acids is 1. The number of halogens is 2. The van der Waals surface area contributed by atoms with Crippen molar-refractivity contribution in [3.63, 3.8) is 0 Å². The van der Waals surface area contributed by atoms with Crippen molar-refractivity contribution in [3.8, 4) is 0 Å². The number of ether oxygens (including phenoxy) is 2. The van der Waals surface area contributed by atoms with Gasteiger partial charge in [0.2, 0.25) is 0 Å². The molecule has 17 heavy (non-hydrogen) atoms. The maximum absolute atomic E-state index is 11.7. The summed E-state index contributed by atoms with van der Waals surface area (Å²) in [5, 5.41) is 2.90. The predicted molar refractivity (Wildman–Crippen MR) is 64.4 cm³/mol. The minimum atomic E-state index is -0.502. The van der Waals surface area contributed by atoms with Crippen molar-refractivity contribution >= 4 is 29.1 Å². The monoisotopic (exact) mass is 278 g/mol. The third-order valence-corrected chi connectivity index (χ3v) is 2.51. The molecular formula is C10H12Cl2N2O3. The minimum absolute atomic E-state index is 0.0568. The Kier molecular flexibility index (Phi) is 5.64. The van der Waals surface area contributed by atoms with Gasteiger partial charge in [-0.05, 0) is 12.1 Å². The van der Waals surface area contributed by atoms with E-state index >= 15 is 0 Å². The van der Waals surface area contributed by atoms with Gasteiger partial charge in [-0.3, -0.25) is 4.79 Å². The third kappa shape index (κ3) is 4.12. The molecule has 0 aromatic carbocycles. The molecule has 1 heterocycles. The zero-order chi connectivity index (χ0) is 12.8. The average molecular weight is 279 g/mol. The number of pyridine rings is 1. The Morgan fingerprint density at radius 2 is 2.06 bits per heavy atom. The van der Waals surface area contributed by atoms with E-state index in [1.54, 1.807) is 0 Å². The van der Waals surface area contributed by atoms with Crippen LogP contribution in [0.4, 0.5) is 0 Å². The van der Waals surface area contributed by atoms with Gasteiger partial charge in [-0.15, -0.1) is 0 Å². The minimum Gasteiger partial charge on any atom is -0.354 e. The second kappa shape index (κ2) is 6.76. The van der Waals surface area contributed by atoms with E-state index in [1.807, 2.05) is 0 Å². The lowest BCUT2D eigenvalue weighted by Crippen LogP contribution is -2.34. The number of methoxy groups -OCH3 is 2. The number of carbonyl (C=O) groups is 1. The van der Waals surface area contributed by atoms with Crippen molar-refractivity contribution in [2.75, 3.05) is 20.8 Å². The van der Waals surface area contributed by atoms with Crippen molar-refractivity contribution in [2.24, 2.45) is 0 Å². The number of nitrogens with one attached hydrogen (secondary N) is 1. The van der Waals surface area contributed by atoms with Crippen molar-refractivity contribution in [1.82, 2.24) is 10.3 Å². The second-order valence-electron chi connectivity index (χ2n) is 3.08. The van der Waals surface area contributed by atoms with Crippen LogP contribution in [0.25, 0.3) is 0 Å². The van der Waals surface area contributed by atoms with Crippen LogP contribution in [-0.2, 0) is 9.47 Å². The van der Waals surface area contributed by atoms with Crippen LogP contribution in [0.5, 0.6) is 0 Å². The molecule has 0 aliphatic rings. The van der Waals surface area contributed by atoms with Gasteiger partial charge in [0.1, 0.15) is 10.3 Å². The van der Waals surface area contributed by atoms with E-state index in [-0.39, 0.29) is 28.3 Å². The summed E-state index contributed by atoms with van der Waals surface area (Å²) in [6, 6.07) is 2.99. The van der Waals surface area contributed by atoms with Crippen molar-refractivity contribution in [3.05, 3.63) is 28.0 Å². The Labute approximate surface area is 109 Å². The number of nitrogens with zero attached hydrogens (tertiary/aromatic N) is 1. The van der Waals surface area contributed by atoms with Gasteiger partial charge in [0.25, 0.3) is 5.91 Å². The standard InChI is InChI=1S/C10H12Cl2N2O3/c1-16-8(17-2)5-13-10(15)6-3-4-7(11)14-9(6)12/h3-4,8H,5H2,1-2H3,(H,13,15). The van der Waals surface area contributed by atoms with Crippen molar-refractivity contribution < 1.29 is 14.3 Å². The fraction of sp³-hybridized carbons (Fsp3) is 0.400. The summed E-state index contributed by atoms with van der Waals surface area (Å²) >= 11 is 11.4. The second-order valence-corrected chi connectivity index (χ2v) is 3.83. The zero-order valence-electron chi connectivity index (χ0n) is 9.37. The quantitative estimate of drug-likeness (QED) is 0.658. The van der Waals surface area contributed by atoms with Gasteiger partial charge in [0, 0.05) is 14.2 Å². The summed E-state index contributed by atoms with van der Waals surface area (Å²) < 4.78 is 9.86. The van der Waals surface area contributed by atoms with Crippen LogP contribution in [0.3, 0.4) is 0 Å². The van der Waals surface area contributed by atoms with E-state index in [1.165, 1.54) is 26.4 Å². The molecule has 0 radical (unpaired) electrons. The van der Waals surface area contributed by atoms with Gasteiger partial charge < -0.3 is 14.8 Å². The number of hydrogen-bond donors (Lipinski definition) is 1. The number of aromatic nitrogens is 1. The summed E-state index contributed by atoms with van der Waals surface area (Å²) in [6.45, 7) is 0.213. The molecule has 5 nitrogen and oxygen atoms in total. The number of hydrogen-bond acceptors (Lipinski definition) is 4. The fourth-order valence-corrected chi connectivity index (χ4v) is 1.55. The molecule has 7 heteroatoms. The lowest BCUT2D eigenvalue weighted by molar-refractivity contribution is -0.0974. The summed E-state index contributed by atoms with van der Waals surface area (Å²) in [4.78, 5) is 15.5. The first kappa shape index (κ1) is 14.2. The highest BCUT2D eigenvalue weighted by atomic mass is 35.5. The lowest BCUT2D eigenvalue weighted by atomic mass is 10.2. The molecule has 1 rings (SSSR count). The lowest BCUT2D eigenvalue weighted by Gasteiger charge is -2.14. The van der Waals surface area contributed by atoms with Crippen LogP contribution < -0.4 is 5.32 Å². The van der Waals surface area contributed by atoms with Crippen molar-refractivity contribution in [1.29, 1.82) is 0 Å². The maximum atomic E-state index is 11.7. The van der Waals surface area contributed by atoms with Gasteiger partial charge in [-0.2, -0.15) is 0 Å². The molecule has 1 N–H and O–H groups in total. The first-order valence-electron chi connectivity index (χ1n) is 4.74. The molecule has 0 atom stereocenters. The largest absolute Gasteiger partial charge is 0.354 e. The first-order valence-corrected chi connectivity index (χ1v) is 5.50. The van der Waals surface area contributed by atoms with E-state index in [9.17, 15) is 4.79 Å². The average Bonchev–Trinajstić information content (AvgIpc) is 2.30. The smallest absolute Gasteiger partial charge is 0.254 e. The summed E-state index contributed by atoms with van der Waals surface area (Å²) in [5.74, 6) is -0.363. The molecule has 1 aromatic rings. The molecule has 0 spiro atoms. The van der Waals surface area contributed by atoms with Crippen LogP contribution in [-0.4, -0.2) is 37.9 Å². The van der Waals surface area contributed by atoms with Gasteiger partial charge in [0.15, 0.2) is 6.29 Å². The fourth-order valence-electron chi connectivity index (χ4n) is 1.12. The van der Waals surface area contributed by atoms with E-state index in [4.69, 9.17) is 32.7 Å². The highest BCUT2D eigenvalue weighted by molar-refractivity contribution is 6.34. The van der Waals surface area contributed by atoms with Gasteiger partial charge in [-0.1, -0.05) is 23.2 Å². The van der Waals surface area contributed by atoms with Crippen LogP contribution in [0.1, 0.15) is 10.4 Å². The van der Waals surface area contributed by atoms with Gasteiger partial charge >= 0.3 is 0 Å². The number of rotatable bonds is 5. The highest BCUT2D eigenvalue weighted by Gasteiger charge is 2.13. The van der Waals surface area contributed by atoms with E-state index in [0.29, 0.717) is 0 Å². The Morgan fingerprint density at radius 1 is 1.41 bits per heavy atom. The number of amides is 1. The maximum Gasteiger partial charge on any atom is 0.254 e.